The van der Waals surface area contributed by atoms with Crippen LogP contribution >= 0.6 is 11.8 Å². The second kappa shape index (κ2) is 10.5. The molecular weight excluding hydrogens is 348 g/mol. The minimum Gasteiger partial charge on any atom is -0.377 e. The van der Waals surface area contributed by atoms with Gasteiger partial charge < -0.3 is 15.4 Å². The van der Waals surface area contributed by atoms with Gasteiger partial charge in [0.1, 0.15) is 0 Å². The summed E-state index contributed by atoms with van der Waals surface area (Å²) in [6.45, 7) is 6.41. The van der Waals surface area contributed by atoms with Gasteiger partial charge in [-0.25, -0.2) is 13.1 Å². The average Bonchev–Trinajstić information content (AvgIpc) is 2.57. The third-order valence-electron chi connectivity index (χ3n) is 3.93. The predicted molar refractivity (Wildman–Crippen MR) is 102 cm³/mol. The molecule has 9 heteroatoms. The van der Waals surface area contributed by atoms with Gasteiger partial charge in [0.15, 0.2) is 5.96 Å². The van der Waals surface area contributed by atoms with Gasteiger partial charge in [-0.15, -0.1) is 0 Å². The summed E-state index contributed by atoms with van der Waals surface area (Å²) in [5.41, 5.74) is 0. The second-order valence-corrected chi connectivity index (χ2v) is 9.91. The van der Waals surface area contributed by atoms with Gasteiger partial charge in [0.05, 0.1) is 11.9 Å². The summed E-state index contributed by atoms with van der Waals surface area (Å²) >= 11 is 1.76. The van der Waals surface area contributed by atoms with Crippen molar-refractivity contribution in [3.05, 3.63) is 0 Å². The number of thioether (sulfide) groups is 1. The summed E-state index contributed by atoms with van der Waals surface area (Å²) in [7, 11) is -1.64. The van der Waals surface area contributed by atoms with Crippen molar-refractivity contribution in [2.24, 2.45) is 4.99 Å². The Bertz CT molecular complexity index is 489. The Morgan fingerprint density at radius 3 is 2.67 bits per heavy atom. The van der Waals surface area contributed by atoms with Crippen LogP contribution in [0.1, 0.15) is 33.1 Å². The molecule has 0 saturated carbocycles. The Labute approximate surface area is 150 Å². The van der Waals surface area contributed by atoms with E-state index in [2.05, 4.69) is 40.5 Å². The lowest BCUT2D eigenvalue weighted by atomic mass is 10.1. The van der Waals surface area contributed by atoms with Crippen LogP contribution in [0.4, 0.5) is 0 Å². The quantitative estimate of drug-likeness (QED) is 0.404. The number of hydrogen-bond donors (Lipinski definition) is 3. The van der Waals surface area contributed by atoms with Crippen LogP contribution in [-0.2, 0) is 14.8 Å². The number of hydrogen-bond acceptors (Lipinski definition) is 5. The fourth-order valence-electron chi connectivity index (χ4n) is 2.15. The lowest BCUT2D eigenvalue weighted by Crippen LogP contribution is -2.45. The van der Waals surface area contributed by atoms with Crippen LogP contribution in [0.25, 0.3) is 0 Å². The maximum atomic E-state index is 12.0. The molecule has 24 heavy (non-hydrogen) atoms. The topological polar surface area (TPSA) is 91.8 Å². The van der Waals surface area contributed by atoms with Gasteiger partial charge >= 0.3 is 0 Å². The first-order chi connectivity index (χ1) is 11.3. The molecule has 0 aliphatic carbocycles. The van der Waals surface area contributed by atoms with E-state index in [9.17, 15) is 8.42 Å². The molecule has 0 spiro atoms. The Morgan fingerprint density at radius 2 is 2.08 bits per heavy atom. The van der Waals surface area contributed by atoms with E-state index < -0.39 is 10.0 Å². The molecule has 0 aromatic carbocycles. The molecule has 1 aliphatic heterocycles. The Kier molecular flexibility index (Phi) is 9.40. The van der Waals surface area contributed by atoms with Crippen molar-refractivity contribution in [1.82, 2.24) is 15.4 Å². The van der Waals surface area contributed by atoms with Gasteiger partial charge in [0.25, 0.3) is 0 Å². The summed E-state index contributed by atoms with van der Waals surface area (Å²) in [5, 5.41) is 6.25. The number of nitrogens with one attached hydrogen (secondary N) is 3. The lowest BCUT2D eigenvalue weighted by molar-refractivity contribution is 0.0200. The molecular formula is C15H32N4O3S2. The fraction of sp³-hybridized carbons (Fsp3) is 0.933. The molecule has 0 aromatic heterocycles. The summed E-state index contributed by atoms with van der Waals surface area (Å²) in [4.78, 5) is 4.11. The molecule has 1 atom stereocenters. The van der Waals surface area contributed by atoms with Gasteiger partial charge in [0, 0.05) is 38.0 Å². The Balaban J connectivity index is 2.27. The molecule has 0 radical (unpaired) electrons. The highest BCUT2D eigenvalue weighted by atomic mass is 32.2. The minimum atomic E-state index is -3.31. The molecule has 1 fully saturated rings. The first kappa shape index (κ1) is 21.5. The van der Waals surface area contributed by atoms with Crippen molar-refractivity contribution in [2.45, 2.75) is 44.0 Å². The van der Waals surface area contributed by atoms with E-state index in [-0.39, 0.29) is 16.6 Å². The summed E-state index contributed by atoms with van der Waals surface area (Å²) in [6.07, 6.45) is 5.15. The SMILES string of the molecule is CN=C(NCCS(=O)(=O)NCC1CCCCO1)NCC(C)(C)SC. The first-order valence-corrected chi connectivity index (χ1v) is 11.2. The van der Waals surface area contributed by atoms with Crippen molar-refractivity contribution in [3.8, 4) is 0 Å². The molecule has 0 bridgehead atoms. The van der Waals surface area contributed by atoms with E-state index in [0.717, 1.165) is 32.4 Å². The zero-order valence-electron chi connectivity index (χ0n) is 15.2. The van der Waals surface area contributed by atoms with Crippen molar-refractivity contribution >= 4 is 27.7 Å². The highest BCUT2D eigenvalue weighted by molar-refractivity contribution is 7.99. The largest absolute Gasteiger partial charge is 0.377 e. The Morgan fingerprint density at radius 1 is 1.33 bits per heavy atom. The maximum absolute atomic E-state index is 12.0. The number of aliphatic imine (C=N–C) groups is 1. The molecule has 1 rings (SSSR count). The lowest BCUT2D eigenvalue weighted by Gasteiger charge is -2.24. The van der Waals surface area contributed by atoms with Crippen molar-refractivity contribution < 1.29 is 13.2 Å². The Hall–Kier alpha value is -0.510. The van der Waals surface area contributed by atoms with Crippen LogP contribution in [-0.4, -0.2) is 70.5 Å². The van der Waals surface area contributed by atoms with Gasteiger partial charge in [-0.05, 0) is 39.4 Å². The monoisotopic (exact) mass is 380 g/mol. The van der Waals surface area contributed by atoms with Crippen molar-refractivity contribution in [1.29, 1.82) is 0 Å². The summed E-state index contributed by atoms with van der Waals surface area (Å²) in [6, 6.07) is 0. The second-order valence-electron chi connectivity index (χ2n) is 6.47. The van der Waals surface area contributed by atoms with Crippen LogP contribution in [0.5, 0.6) is 0 Å². The van der Waals surface area contributed by atoms with Gasteiger partial charge in [0.2, 0.25) is 10.0 Å². The van der Waals surface area contributed by atoms with Crippen LogP contribution in [0.15, 0.2) is 4.99 Å². The zero-order chi connectivity index (χ0) is 18.1. The fourth-order valence-corrected chi connectivity index (χ4v) is 3.33. The average molecular weight is 381 g/mol. The van der Waals surface area contributed by atoms with Crippen molar-refractivity contribution in [3.63, 3.8) is 0 Å². The van der Waals surface area contributed by atoms with Crippen LogP contribution in [0, 0.1) is 0 Å². The number of sulfonamides is 1. The summed E-state index contributed by atoms with van der Waals surface area (Å²) < 4.78 is 32.3. The third-order valence-corrected chi connectivity index (χ3v) is 6.52. The van der Waals surface area contributed by atoms with E-state index >= 15 is 0 Å². The molecule has 1 unspecified atom stereocenters. The van der Waals surface area contributed by atoms with Gasteiger partial charge in [-0.2, -0.15) is 11.8 Å². The predicted octanol–water partition coefficient (Wildman–Crippen LogP) is 0.782. The normalized spacial score (nSPS) is 20.0. The van der Waals surface area contributed by atoms with E-state index in [1.54, 1.807) is 18.8 Å². The number of ether oxygens (including phenoxy) is 1. The highest BCUT2D eigenvalue weighted by Crippen LogP contribution is 2.19. The van der Waals surface area contributed by atoms with Crippen LogP contribution in [0.3, 0.4) is 0 Å². The van der Waals surface area contributed by atoms with Crippen LogP contribution in [0.2, 0.25) is 0 Å². The summed E-state index contributed by atoms with van der Waals surface area (Å²) in [5.74, 6) is 0.620. The molecule has 1 aliphatic rings. The third kappa shape index (κ3) is 9.10. The zero-order valence-corrected chi connectivity index (χ0v) is 16.9. The van der Waals surface area contributed by atoms with E-state index in [0.29, 0.717) is 19.0 Å². The van der Waals surface area contributed by atoms with Gasteiger partial charge in [-0.3, -0.25) is 4.99 Å². The minimum absolute atomic E-state index is 0.00434. The number of guanidine groups is 1. The van der Waals surface area contributed by atoms with E-state index in [1.165, 1.54) is 0 Å². The van der Waals surface area contributed by atoms with E-state index in [4.69, 9.17) is 4.74 Å². The smallest absolute Gasteiger partial charge is 0.213 e. The molecule has 7 nitrogen and oxygen atoms in total. The molecule has 1 heterocycles. The maximum Gasteiger partial charge on any atom is 0.213 e. The van der Waals surface area contributed by atoms with Gasteiger partial charge in [-0.1, -0.05) is 0 Å². The standard InChI is InChI=1S/C15H32N4O3S2/c1-15(2,23-4)12-18-14(16-3)17-8-10-24(20,21)19-11-13-7-5-6-9-22-13/h13,19H,5-12H2,1-4H3,(H2,16,17,18). The highest BCUT2D eigenvalue weighted by Gasteiger charge is 2.18. The molecule has 3 N–H and O–H groups in total. The first-order valence-electron chi connectivity index (χ1n) is 8.36. The van der Waals surface area contributed by atoms with Crippen molar-refractivity contribution in [2.75, 3.05) is 45.3 Å². The van der Waals surface area contributed by atoms with E-state index in [1.807, 2.05) is 0 Å². The number of nitrogens with zero attached hydrogens (tertiary/aromatic N) is 1. The number of rotatable bonds is 9. The molecule has 0 amide bonds. The van der Waals surface area contributed by atoms with Crippen LogP contribution < -0.4 is 15.4 Å². The molecule has 0 aromatic rings. The molecule has 1 saturated heterocycles. The molecule has 142 valence electrons.